The van der Waals surface area contributed by atoms with Crippen molar-refractivity contribution in [2.24, 2.45) is 5.73 Å². The van der Waals surface area contributed by atoms with Crippen molar-refractivity contribution in [2.75, 3.05) is 35.5 Å². The summed E-state index contributed by atoms with van der Waals surface area (Å²) in [6.07, 6.45) is -0.396. The van der Waals surface area contributed by atoms with Gasteiger partial charge in [-0.3, -0.25) is 4.79 Å². The summed E-state index contributed by atoms with van der Waals surface area (Å²) >= 11 is 0. The van der Waals surface area contributed by atoms with E-state index in [9.17, 15) is 14.9 Å². The van der Waals surface area contributed by atoms with Crippen molar-refractivity contribution in [1.29, 1.82) is 5.26 Å². The second-order valence-corrected chi connectivity index (χ2v) is 5.93. The van der Waals surface area contributed by atoms with E-state index in [2.05, 4.69) is 4.74 Å². The maximum Gasteiger partial charge on any atom is 0.338 e. The molecule has 1 aliphatic rings. The number of ether oxygens (including phenoxy) is 6. The van der Waals surface area contributed by atoms with Crippen LogP contribution in [-0.2, 0) is 23.8 Å². The highest BCUT2D eigenvalue weighted by molar-refractivity contribution is 5.94. The maximum atomic E-state index is 12.7. The summed E-state index contributed by atoms with van der Waals surface area (Å²) in [7, 11) is 6.64. The molecule has 30 heavy (non-hydrogen) atoms. The number of rotatable bonds is 7. The predicted octanol–water partition coefficient (Wildman–Crippen LogP) is 1.51. The quantitative estimate of drug-likeness (QED) is 0.648. The third kappa shape index (κ3) is 3.96. The summed E-state index contributed by atoms with van der Waals surface area (Å²) in [6, 6.07) is 5.15. The van der Waals surface area contributed by atoms with E-state index in [4.69, 9.17) is 29.4 Å². The Balaban J connectivity index is 2.86. The van der Waals surface area contributed by atoms with Gasteiger partial charge in [-0.2, -0.15) is 5.26 Å². The molecule has 1 unspecified atom stereocenters. The Kier molecular flexibility index (Phi) is 7.14. The molecule has 0 amide bonds. The van der Waals surface area contributed by atoms with Gasteiger partial charge in [0.15, 0.2) is 11.5 Å². The van der Waals surface area contributed by atoms with Crippen LogP contribution in [0.1, 0.15) is 17.9 Å². The highest BCUT2D eigenvalue weighted by atomic mass is 16.5. The minimum Gasteiger partial charge on any atom is -0.493 e. The van der Waals surface area contributed by atoms with Crippen LogP contribution in [0.3, 0.4) is 0 Å². The topological polar surface area (TPSA) is 139 Å². The molecule has 1 aromatic rings. The van der Waals surface area contributed by atoms with Gasteiger partial charge < -0.3 is 34.2 Å². The van der Waals surface area contributed by atoms with Crippen LogP contribution in [0.2, 0.25) is 0 Å². The zero-order valence-electron chi connectivity index (χ0n) is 17.2. The van der Waals surface area contributed by atoms with Gasteiger partial charge in [0.25, 0.3) is 0 Å². The third-order valence-corrected chi connectivity index (χ3v) is 4.48. The first-order chi connectivity index (χ1) is 14.4. The number of esters is 2. The normalized spacial score (nSPS) is 15.7. The predicted molar refractivity (Wildman–Crippen MR) is 102 cm³/mol. The summed E-state index contributed by atoms with van der Waals surface area (Å²) < 4.78 is 31.2. The standard InChI is InChI=1S/C20H22N2O8/c1-25-12-7-6-10(17(27-3)18(12)28-4)15-11(9-21)19(22)30-13(8-14(23)26-2)16(15)20(24)29-5/h6-7,15H,8,22H2,1-5H3. The van der Waals surface area contributed by atoms with Crippen LogP contribution in [0.5, 0.6) is 17.2 Å². The molecule has 10 nitrogen and oxygen atoms in total. The molecule has 0 bridgehead atoms. The lowest BCUT2D eigenvalue weighted by molar-refractivity contribution is -0.140. The molecule has 0 aromatic heterocycles. The van der Waals surface area contributed by atoms with Gasteiger partial charge >= 0.3 is 11.9 Å². The Hall–Kier alpha value is -3.87. The molecule has 10 heteroatoms. The van der Waals surface area contributed by atoms with Crippen LogP contribution in [0.25, 0.3) is 0 Å². The fourth-order valence-corrected chi connectivity index (χ4v) is 3.15. The van der Waals surface area contributed by atoms with Gasteiger partial charge in [-0.15, -0.1) is 0 Å². The van der Waals surface area contributed by atoms with Gasteiger partial charge in [-0.25, -0.2) is 4.79 Å². The summed E-state index contributed by atoms with van der Waals surface area (Å²) in [6.45, 7) is 0. The van der Waals surface area contributed by atoms with E-state index in [-0.39, 0.29) is 34.3 Å². The van der Waals surface area contributed by atoms with Crippen molar-refractivity contribution in [2.45, 2.75) is 12.3 Å². The van der Waals surface area contributed by atoms with Crippen LogP contribution in [0.15, 0.2) is 34.9 Å². The Morgan fingerprint density at radius 3 is 2.23 bits per heavy atom. The van der Waals surface area contributed by atoms with Crippen molar-refractivity contribution in [3.63, 3.8) is 0 Å². The monoisotopic (exact) mass is 418 g/mol. The highest BCUT2D eigenvalue weighted by Gasteiger charge is 2.40. The van der Waals surface area contributed by atoms with Gasteiger partial charge in [0.1, 0.15) is 23.8 Å². The minimum absolute atomic E-state index is 0.0606. The molecule has 1 heterocycles. The van der Waals surface area contributed by atoms with Gasteiger partial charge in [0, 0.05) is 5.56 Å². The van der Waals surface area contributed by atoms with E-state index in [1.54, 1.807) is 12.1 Å². The van der Waals surface area contributed by atoms with Gasteiger partial charge in [-0.05, 0) is 6.07 Å². The molecular formula is C20H22N2O8. The molecule has 0 fully saturated rings. The number of carbonyl (C=O) groups excluding carboxylic acids is 2. The number of nitrogens with two attached hydrogens (primary N) is 1. The van der Waals surface area contributed by atoms with E-state index < -0.39 is 24.3 Å². The molecule has 1 aliphatic heterocycles. The lowest BCUT2D eigenvalue weighted by Crippen LogP contribution is -2.27. The van der Waals surface area contributed by atoms with Crippen LogP contribution in [0, 0.1) is 11.3 Å². The molecule has 2 rings (SSSR count). The van der Waals surface area contributed by atoms with Crippen molar-refractivity contribution in [1.82, 2.24) is 0 Å². The lowest BCUT2D eigenvalue weighted by atomic mass is 9.81. The van der Waals surface area contributed by atoms with Crippen LogP contribution < -0.4 is 19.9 Å². The minimum atomic E-state index is -1.05. The number of nitrogens with zero attached hydrogens (tertiary/aromatic N) is 1. The Morgan fingerprint density at radius 1 is 1.07 bits per heavy atom. The first-order valence-electron chi connectivity index (χ1n) is 8.62. The molecule has 0 saturated heterocycles. The summed E-state index contributed by atoms with van der Waals surface area (Å²) in [4.78, 5) is 24.6. The van der Waals surface area contributed by atoms with Crippen LogP contribution in [0.4, 0.5) is 0 Å². The molecule has 1 aromatic carbocycles. The van der Waals surface area contributed by atoms with E-state index in [1.165, 1.54) is 35.5 Å². The smallest absolute Gasteiger partial charge is 0.338 e. The maximum absolute atomic E-state index is 12.7. The number of carbonyl (C=O) groups is 2. The van der Waals surface area contributed by atoms with Crippen molar-refractivity contribution < 1.29 is 38.0 Å². The molecular weight excluding hydrogens is 396 g/mol. The zero-order valence-corrected chi connectivity index (χ0v) is 17.2. The van der Waals surface area contributed by atoms with E-state index >= 15 is 0 Å². The number of benzene rings is 1. The van der Waals surface area contributed by atoms with Crippen molar-refractivity contribution in [3.8, 4) is 23.3 Å². The molecule has 0 radical (unpaired) electrons. The number of methoxy groups -OCH3 is 5. The summed E-state index contributed by atoms with van der Waals surface area (Å²) in [5.74, 6) is -2.04. The third-order valence-electron chi connectivity index (χ3n) is 4.48. The molecule has 0 saturated carbocycles. The molecule has 160 valence electrons. The van der Waals surface area contributed by atoms with E-state index in [1.807, 2.05) is 6.07 Å². The fourth-order valence-electron chi connectivity index (χ4n) is 3.15. The molecule has 0 aliphatic carbocycles. The van der Waals surface area contributed by atoms with Gasteiger partial charge in [0.2, 0.25) is 11.6 Å². The fraction of sp³-hybridized carbons (Fsp3) is 0.350. The van der Waals surface area contributed by atoms with Crippen molar-refractivity contribution >= 4 is 11.9 Å². The molecule has 1 atom stereocenters. The van der Waals surface area contributed by atoms with Gasteiger partial charge in [-0.1, -0.05) is 6.07 Å². The van der Waals surface area contributed by atoms with E-state index in [0.29, 0.717) is 11.3 Å². The Bertz CT molecular complexity index is 958. The number of allylic oxidation sites excluding steroid dienone is 1. The summed E-state index contributed by atoms with van der Waals surface area (Å²) in [5, 5.41) is 9.74. The van der Waals surface area contributed by atoms with Crippen LogP contribution in [-0.4, -0.2) is 47.5 Å². The Morgan fingerprint density at radius 2 is 1.73 bits per heavy atom. The average Bonchev–Trinajstić information content (AvgIpc) is 2.76. The number of hydrogen-bond donors (Lipinski definition) is 1. The van der Waals surface area contributed by atoms with Crippen molar-refractivity contribution in [3.05, 3.63) is 40.5 Å². The first-order valence-corrected chi connectivity index (χ1v) is 8.62. The average molecular weight is 418 g/mol. The zero-order chi connectivity index (χ0) is 22.4. The molecule has 2 N–H and O–H groups in total. The highest BCUT2D eigenvalue weighted by Crippen LogP contribution is 2.49. The van der Waals surface area contributed by atoms with Gasteiger partial charge in [0.05, 0.1) is 47.0 Å². The first kappa shape index (κ1) is 22.4. The lowest BCUT2D eigenvalue weighted by Gasteiger charge is -2.29. The van der Waals surface area contributed by atoms with Crippen LogP contribution >= 0.6 is 0 Å². The summed E-state index contributed by atoms with van der Waals surface area (Å²) in [5.41, 5.74) is 6.16. The second-order valence-electron chi connectivity index (χ2n) is 5.93. The SMILES string of the molecule is COC(=O)CC1=C(C(=O)OC)C(c2ccc(OC)c(OC)c2OC)C(C#N)=C(N)O1. The Labute approximate surface area is 173 Å². The molecule has 0 spiro atoms. The number of hydrogen-bond acceptors (Lipinski definition) is 10. The number of nitriles is 1. The second kappa shape index (κ2) is 9.56. The largest absolute Gasteiger partial charge is 0.493 e. The van der Waals surface area contributed by atoms with E-state index in [0.717, 1.165) is 0 Å².